The molecule has 0 spiro atoms. The molecule has 86 valence electrons. The van der Waals surface area contributed by atoms with Gasteiger partial charge in [-0.3, -0.25) is 0 Å². The molecule has 0 aromatic rings. The van der Waals surface area contributed by atoms with Gasteiger partial charge in [0.2, 0.25) is 0 Å². The van der Waals surface area contributed by atoms with Crippen LogP contribution in [0.15, 0.2) is 0 Å². The third-order valence-corrected chi connectivity index (χ3v) is 2.94. The van der Waals surface area contributed by atoms with Crippen LogP contribution in [-0.2, 0) is 9.47 Å². The highest BCUT2D eigenvalue weighted by Gasteiger charge is 2.14. The van der Waals surface area contributed by atoms with E-state index in [0.717, 1.165) is 5.92 Å². The van der Waals surface area contributed by atoms with E-state index in [1.165, 1.54) is 12.8 Å². The van der Waals surface area contributed by atoms with E-state index in [0.29, 0.717) is 25.2 Å². The fourth-order valence-corrected chi connectivity index (χ4v) is 1.47. The molecule has 0 radical (unpaired) electrons. The second-order valence-corrected chi connectivity index (χ2v) is 4.30. The first kappa shape index (κ1) is 13.9. The Balaban J connectivity index is 3.58. The SMILES string of the molecule is CCC(C)CC(C)C(C)OCCOC. The van der Waals surface area contributed by atoms with Gasteiger partial charge in [0.1, 0.15) is 0 Å². The first-order valence-electron chi connectivity index (χ1n) is 5.72. The summed E-state index contributed by atoms with van der Waals surface area (Å²) in [6.07, 6.45) is 2.86. The van der Waals surface area contributed by atoms with Crippen LogP contribution in [0.2, 0.25) is 0 Å². The first-order chi connectivity index (χ1) is 6.61. The van der Waals surface area contributed by atoms with Crippen molar-refractivity contribution in [1.29, 1.82) is 0 Å². The standard InChI is InChI=1S/C12H26O2/c1-6-10(2)9-11(3)12(4)14-8-7-13-5/h10-12H,6-9H2,1-5H3. The third kappa shape index (κ3) is 6.39. The van der Waals surface area contributed by atoms with Gasteiger partial charge in [0.15, 0.2) is 0 Å². The fourth-order valence-electron chi connectivity index (χ4n) is 1.47. The minimum atomic E-state index is 0.346. The summed E-state index contributed by atoms with van der Waals surface area (Å²) in [5.41, 5.74) is 0. The molecule has 0 fully saturated rings. The van der Waals surface area contributed by atoms with Gasteiger partial charge in [-0.1, -0.05) is 27.2 Å². The fraction of sp³-hybridized carbons (Fsp3) is 1.00. The molecule has 2 nitrogen and oxygen atoms in total. The molecule has 3 atom stereocenters. The molecule has 0 heterocycles. The van der Waals surface area contributed by atoms with E-state index in [1.807, 2.05) is 0 Å². The molecule has 0 N–H and O–H groups in total. The topological polar surface area (TPSA) is 18.5 Å². The van der Waals surface area contributed by atoms with E-state index in [4.69, 9.17) is 9.47 Å². The average molecular weight is 202 g/mol. The van der Waals surface area contributed by atoms with Crippen LogP contribution in [0.3, 0.4) is 0 Å². The Hall–Kier alpha value is -0.0800. The van der Waals surface area contributed by atoms with Gasteiger partial charge in [0, 0.05) is 7.11 Å². The summed E-state index contributed by atoms with van der Waals surface area (Å²) in [5, 5.41) is 0. The lowest BCUT2D eigenvalue weighted by Gasteiger charge is -2.22. The van der Waals surface area contributed by atoms with Crippen molar-refractivity contribution in [2.75, 3.05) is 20.3 Å². The van der Waals surface area contributed by atoms with Crippen molar-refractivity contribution in [2.45, 2.75) is 46.6 Å². The quantitative estimate of drug-likeness (QED) is 0.563. The second-order valence-electron chi connectivity index (χ2n) is 4.30. The number of hydrogen-bond acceptors (Lipinski definition) is 2. The minimum Gasteiger partial charge on any atom is -0.382 e. The Labute approximate surface area is 89.0 Å². The van der Waals surface area contributed by atoms with E-state index in [1.54, 1.807) is 7.11 Å². The van der Waals surface area contributed by atoms with Crippen LogP contribution in [0.4, 0.5) is 0 Å². The van der Waals surface area contributed by atoms with Crippen molar-refractivity contribution in [3.8, 4) is 0 Å². The van der Waals surface area contributed by atoms with Crippen LogP contribution >= 0.6 is 0 Å². The van der Waals surface area contributed by atoms with Gasteiger partial charge in [-0.2, -0.15) is 0 Å². The summed E-state index contributed by atoms with van der Waals surface area (Å²) in [4.78, 5) is 0. The van der Waals surface area contributed by atoms with Crippen LogP contribution in [0.5, 0.6) is 0 Å². The molecule has 0 amide bonds. The molecule has 0 saturated carbocycles. The predicted octanol–water partition coefficient (Wildman–Crippen LogP) is 3.11. The molecule has 0 aromatic heterocycles. The maximum atomic E-state index is 5.66. The molecule has 0 bridgehead atoms. The summed E-state index contributed by atoms with van der Waals surface area (Å²) in [6.45, 7) is 10.4. The van der Waals surface area contributed by atoms with Gasteiger partial charge < -0.3 is 9.47 Å². The predicted molar refractivity (Wildman–Crippen MR) is 60.5 cm³/mol. The highest BCUT2D eigenvalue weighted by Crippen LogP contribution is 2.19. The Morgan fingerprint density at radius 2 is 1.71 bits per heavy atom. The second kappa shape index (κ2) is 8.25. The summed E-state index contributed by atoms with van der Waals surface area (Å²) in [5.74, 6) is 1.44. The Kier molecular flexibility index (Phi) is 8.20. The first-order valence-corrected chi connectivity index (χ1v) is 5.72. The van der Waals surface area contributed by atoms with E-state index in [-0.39, 0.29) is 0 Å². The lowest BCUT2D eigenvalue weighted by Crippen LogP contribution is -2.22. The van der Waals surface area contributed by atoms with E-state index >= 15 is 0 Å². The molecule has 0 saturated heterocycles. The van der Waals surface area contributed by atoms with Crippen molar-refractivity contribution in [3.63, 3.8) is 0 Å². The number of rotatable bonds is 8. The van der Waals surface area contributed by atoms with Crippen molar-refractivity contribution >= 4 is 0 Å². The molecular weight excluding hydrogens is 176 g/mol. The normalized spacial score (nSPS) is 17.8. The summed E-state index contributed by atoms with van der Waals surface area (Å²) in [7, 11) is 1.70. The Bertz CT molecular complexity index is 125. The van der Waals surface area contributed by atoms with Gasteiger partial charge in [0.05, 0.1) is 19.3 Å². The molecular formula is C12H26O2. The molecule has 3 unspecified atom stereocenters. The highest BCUT2D eigenvalue weighted by atomic mass is 16.5. The zero-order valence-electron chi connectivity index (χ0n) is 10.4. The molecule has 0 aromatic carbocycles. The van der Waals surface area contributed by atoms with E-state index < -0.39 is 0 Å². The van der Waals surface area contributed by atoms with Crippen molar-refractivity contribution in [1.82, 2.24) is 0 Å². The molecule has 0 aliphatic rings. The van der Waals surface area contributed by atoms with Crippen LogP contribution in [0.1, 0.15) is 40.5 Å². The maximum Gasteiger partial charge on any atom is 0.0704 e. The average Bonchev–Trinajstić information content (AvgIpc) is 2.17. The monoisotopic (exact) mass is 202 g/mol. The van der Waals surface area contributed by atoms with Crippen LogP contribution in [0.25, 0.3) is 0 Å². The Morgan fingerprint density at radius 1 is 1.07 bits per heavy atom. The van der Waals surface area contributed by atoms with Crippen molar-refractivity contribution < 1.29 is 9.47 Å². The van der Waals surface area contributed by atoms with E-state index in [9.17, 15) is 0 Å². The molecule has 14 heavy (non-hydrogen) atoms. The summed E-state index contributed by atoms with van der Waals surface area (Å²) in [6, 6.07) is 0. The van der Waals surface area contributed by atoms with Gasteiger partial charge in [-0.15, -0.1) is 0 Å². The minimum absolute atomic E-state index is 0.346. The highest BCUT2D eigenvalue weighted by molar-refractivity contribution is 4.64. The van der Waals surface area contributed by atoms with Crippen LogP contribution < -0.4 is 0 Å². The van der Waals surface area contributed by atoms with E-state index in [2.05, 4.69) is 27.7 Å². The molecule has 2 heteroatoms. The number of ether oxygens (including phenoxy) is 2. The summed E-state index contributed by atoms with van der Waals surface area (Å²) < 4.78 is 10.6. The zero-order chi connectivity index (χ0) is 11.0. The number of methoxy groups -OCH3 is 1. The number of hydrogen-bond donors (Lipinski definition) is 0. The lowest BCUT2D eigenvalue weighted by atomic mass is 9.92. The zero-order valence-corrected chi connectivity index (χ0v) is 10.4. The largest absolute Gasteiger partial charge is 0.382 e. The van der Waals surface area contributed by atoms with Gasteiger partial charge in [-0.05, 0) is 25.2 Å². The maximum absolute atomic E-state index is 5.66. The lowest BCUT2D eigenvalue weighted by molar-refractivity contribution is -0.00384. The van der Waals surface area contributed by atoms with Crippen LogP contribution in [0, 0.1) is 11.8 Å². The summed E-state index contributed by atoms with van der Waals surface area (Å²) >= 11 is 0. The third-order valence-electron chi connectivity index (χ3n) is 2.94. The molecule has 0 aliphatic carbocycles. The van der Waals surface area contributed by atoms with Crippen LogP contribution in [-0.4, -0.2) is 26.4 Å². The van der Waals surface area contributed by atoms with Crippen molar-refractivity contribution in [3.05, 3.63) is 0 Å². The molecule has 0 rings (SSSR count). The van der Waals surface area contributed by atoms with Gasteiger partial charge in [-0.25, -0.2) is 0 Å². The Morgan fingerprint density at radius 3 is 2.21 bits per heavy atom. The van der Waals surface area contributed by atoms with Gasteiger partial charge >= 0.3 is 0 Å². The van der Waals surface area contributed by atoms with Crippen molar-refractivity contribution in [2.24, 2.45) is 11.8 Å². The molecule has 0 aliphatic heterocycles. The smallest absolute Gasteiger partial charge is 0.0704 e. The van der Waals surface area contributed by atoms with Gasteiger partial charge in [0.25, 0.3) is 0 Å².